The summed E-state index contributed by atoms with van der Waals surface area (Å²) in [5.74, 6) is 0.663. The Hall–Kier alpha value is -0.230. The van der Waals surface area contributed by atoms with Crippen molar-refractivity contribution >= 4 is 11.6 Å². The van der Waals surface area contributed by atoms with Gasteiger partial charge in [0.2, 0.25) is 0 Å². The van der Waals surface area contributed by atoms with Gasteiger partial charge in [0.1, 0.15) is 0 Å². The van der Waals surface area contributed by atoms with E-state index in [0.717, 1.165) is 12.8 Å². The Balaban J connectivity index is 3.62. The second-order valence-corrected chi connectivity index (χ2v) is 3.45. The molecule has 0 aromatic rings. The molecule has 0 nitrogen and oxygen atoms in total. The van der Waals surface area contributed by atoms with Crippen molar-refractivity contribution in [3.05, 3.63) is 23.3 Å². The van der Waals surface area contributed by atoms with Gasteiger partial charge in [0.05, 0.1) is 0 Å². The van der Waals surface area contributed by atoms with Gasteiger partial charge in [-0.3, -0.25) is 0 Å². The quantitative estimate of drug-likeness (QED) is 0.444. The lowest BCUT2D eigenvalue weighted by Gasteiger charge is -1.97. The zero-order valence-corrected chi connectivity index (χ0v) is 9.12. The Morgan fingerprint density at radius 1 is 1.17 bits per heavy atom. The first-order valence-corrected chi connectivity index (χ1v) is 5.11. The molecule has 0 aliphatic heterocycles. The molecule has 0 unspecified atom stereocenters. The molecule has 0 aromatic heterocycles. The molecule has 12 heavy (non-hydrogen) atoms. The molecule has 0 saturated carbocycles. The zero-order chi connectivity index (χ0) is 9.40. The van der Waals surface area contributed by atoms with Crippen LogP contribution >= 0.6 is 11.6 Å². The number of halogens is 1. The molecule has 0 aromatic carbocycles. The highest BCUT2D eigenvalue weighted by atomic mass is 35.5. The molecule has 0 fully saturated rings. The number of hydrogen-bond acceptors (Lipinski definition) is 0. The SMILES string of the molecule is CC/C=C(\C)CC/C=C(\C)CCl. The Morgan fingerprint density at radius 2 is 1.83 bits per heavy atom. The number of rotatable bonds is 5. The highest BCUT2D eigenvalue weighted by Gasteiger charge is 1.88. The molecule has 0 bridgehead atoms. The van der Waals surface area contributed by atoms with Gasteiger partial charge in [-0.15, -0.1) is 11.6 Å². The molecular weight excluding hydrogens is 168 g/mol. The van der Waals surface area contributed by atoms with Crippen molar-refractivity contribution < 1.29 is 0 Å². The fourth-order valence-electron chi connectivity index (χ4n) is 1.05. The van der Waals surface area contributed by atoms with E-state index in [0.29, 0.717) is 5.88 Å². The van der Waals surface area contributed by atoms with Crippen molar-refractivity contribution in [3.8, 4) is 0 Å². The van der Waals surface area contributed by atoms with Crippen LogP contribution in [0.4, 0.5) is 0 Å². The molecule has 0 heterocycles. The van der Waals surface area contributed by atoms with Crippen molar-refractivity contribution in [2.75, 3.05) is 5.88 Å². The van der Waals surface area contributed by atoms with Gasteiger partial charge in [-0.25, -0.2) is 0 Å². The fourth-order valence-corrected chi connectivity index (χ4v) is 1.16. The van der Waals surface area contributed by atoms with Crippen LogP contribution in [0.25, 0.3) is 0 Å². The van der Waals surface area contributed by atoms with Crippen molar-refractivity contribution in [2.45, 2.75) is 40.0 Å². The first kappa shape index (κ1) is 11.8. The monoisotopic (exact) mass is 186 g/mol. The summed E-state index contributed by atoms with van der Waals surface area (Å²) in [6, 6.07) is 0. The van der Waals surface area contributed by atoms with Gasteiger partial charge in [-0.05, 0) is 33.1 Å². The van der Waals surface area contributed by atoms with Crippen molar-refractivity contribution in [1.82, 2.24) is 0 Å². The van der Waals surface area contributed by atoms with Gasteiger partial charge in [0, 0.05) is 5.88 Å². The minimum absolute atomic E-state index is 0.663. The Morgan fingerprint density at radius 3 is 2.33 bits per heavy atom. The van der Waals surface area contributed by atoms with E-state index in [4.69, 9.17) is 11.6 Å². The van der Waals surface area contributed by atoms with Gasteiger partial charge in [-0.2, -0.15) is 0 Å². The highest BCUT2D eigenvalue weighted by molar-refractivity contribution is 6.19. The van der Waals surface area contributed by atoms with Gasteiger partial charge < -0.3 is 0 Å². The third kappa shape index (κ3) is 6.48. The smallest absolute Gasteiger partial charge is 0.0430 e. The molecule has 0 amide bonds. The summed E-state index contributed by atoms with van der Waals surface area (Å²) in [5.41, 5.74) is 2.76. The van der Waals surface area contributed by atoms with Crippen LogP contribution in [0, 0.1) is 0 Å². The van der Waals surface area contributed by atoms with E-state index in [9.17, 15) is 0 Å². The van der Waals surface area contributed by atoms with Crippen molar-refractivity contribution in [3.63, 3.8) is 0 Å². The number of allylic oxidation sites excluding steroid dienone is 4. The van der Waals surface area contributed by atoms with Crippen LogP contribution in [0.15, 0.2) is 23.3 Å². The van der Waals surface area contributed by atoms with Crippen LogP contribution in [0.3, 0.4) is 0 Å². The Labute approximate surface area is 81.3 Å². The zero-order valence-electron chi connectivity index (χ0n) is 8.36. The molecule has 0 radical (unpaired) electrons. The summed E-state index contributed by atoms with van der Waals surface area (Å²) in [4.78, 5) is 0. The summed E-state index contributed by atoms with van der Waals surface area (Å²) in [5, 5.41) is 0. The van der Waals surface area contributed by atoms with E-state index < -0.39 is 0 Å². The molecule has 0 aliphatic carbocycles. The molecule has 0 aliphatic rings. The lowest BCUT2D eigenvalue weighted by molar-refractivity contribution is 0.952. The van der Waals surface area contributed by atoms with Gasteiger partial charge >= 0.3 is 0 Å². The lowest BCUT2D eigenvalue weighted by atomic mass is 10.1. The third-order valence-electron chi connectivity index (χ3n) is 1.79. The first-order chi connectivity index (χ1) is 5.70. The van der Waals surface area contributed by atoms with Crippen LogP contribution in [-0.2, 0) is 0 Å². The minimum Gasteiger partial charge on any atom is -0.122 e. The lowest BCUT2D eigenvalue weighted by Crippen LogP contribution is -1.79. The molecule has 0 rings (SSSR count). The Kier molecular flexibility index (Phi) is 7.28. The molecule has 1 heteroatoms. The van der Waals surface area contributed by atoms with E-state index in [1.165, 1.54) is 17.6 Å². The maximum absolute atomic E-state index is 5.65. The molecule has 0 N–H and O–H groups in total. The van der Waals surface area contributed by atoms with Crippen LogP contribution in [0.2, 0.25) is 0 Å². The standard InChI is InChI=1S/C11H19Cl/c1-4-6-10(2)7-5-8-11(3)9-12/h6,8H,4-5,7,9H2,1-3H3/b10-6+,11-8+. The summed E-state index contributed by atoms with van der Waals surface area (Å²) in [6.45, 7) is 6.43. The van der Waals surface area contributed by atoms with Crippen LogP contribution in [-0.4, -0.2) is 5.88 Å². The minimum atomic E-state index is 0.663. The van der Waals surface area contributed by atoms with E-state index in [1.54, 1.807) is 0 Å². The molecular formula is C11H19Cl. The number of hydrogen-bond donors (Lipinski definition) is 0. The third-order valence-corrected chi connectivity index (χ3v) is 2.22. The van der Waals surface area contributed by atoms with E-state index in [-0.39, 0.29) is 0 Å². The summed E-state index contributed by atoms with van der Waals surface area (Å²) >= 11 is 5.65. The fraction of sp³-hybridized carbons (Fsp3) is 0.636. The maximum atomic E-state index is 5.65. The maximum Gasteiger partial charge on any atom is 0.0430 e. The second-order valence-electron chi connectivity index (χ2n) is 3.18. The predicted molar refractivity (Wildman–Crippen MR) is 57.8 cm³/mol. The molecule has 0 saturated heterocycles. The van der Waals surface area contributed by atoms with Crippen LogP contribution < -0.4 is 0 Å². The molecule has 0 spiro atoms. The van der Waals surface area contributed by atoms with Crippen LogP contribution in [0.1, 0.15) is 40.0 Å². The van der Waals surface area contributed by atoms with Gasteiger partial charge in [0.15, 0.2) is 0 Å². The Bertz CT molecular complexity index is 166. The molecule has 70 valence electrons. The van der Waals surface area contributed by atoms with E-state index in [2.05, 4.69) is 32.9 Å². The normalized spacial score (nSPS) is 13.7. The highest BCUT2D eigenvalue weighted by Crippen LogP contribution is 2.07. The summed E-state index contributed by atoms with van der Waals surface area (Å²) in [7, 11) is 0. The van der Waals surface area contributed by atoms with Gasteiger partial charge in [0.25, 0.3) is 0 Å². The predicted octanol–water partition coefficient (Wildman–Crippen LogP) is 4.31. The number of alkyl halides is 1. The largest absolute Gasteiger partial charge is 0.122 e. The average molecular weight is 187 g/mol. The van der Waals surface area contributed by atoms with E-state index in [1.807, 2.05) is 0 Å². The molecule has 0 atom stereocenters. The summed E-state index contributed by atoms with van der Waals surface area (Å²) < 4.78 is 0. The average Bonchev–Trinajstić information content (AvgIpc) is 2.04. The summed E-state index contributed by atoms with van der Waals surface area (Å²) in [6.07, 6.45) is 7.94. The van der Waals surface area contributed by atoms with Crippen molar-refractivity contribution in [2.24, 2.45) is 0 Å². The van der Waals surface area contributed by atoms with Crippen LogP contribution in [0.5, 0.6) is 0 Å². The second kappa shape index (κ2) is 7.42. The van der Waals surface area contributed by atoms with Gasteiger partial charge in [-0.1, -0.05) is 30.2 Å². The van der Waals surface area contributed by atoms with E-state index >= 15 is 0 Å². The first-order valence-electron chi connectivity index (χ1n) is 4.58. The topological polar surface area (TPSA) is 0 Å². The van der Waals surface area contributed by atoms with Crippen molar-refractivity contribution in [1.29, 1.82) is 0 Å².